The number of aromatic nitrogens is 1. The second kappa shape index (κ2) is 8.83. The SMILES string of the molecule is Cc1cc(/C=C(/C#N)C(=O)Nc2cccc(C(F)(F)F)c2)c(C)n1-c1ccc(C#N)cc1. The van der Waals surface area contributed by atoms with E-state index in [2.05, 4.69) is 11.4 Å². The number of rotatable bonds is 4. The molecule has 0 bridgehead atoms. The summed E-state index contributed by atoms with van der Waals surface area (Å²) < 4.78 is 40.6. The Bertz CT molecular complexity index is 1290. The lowest BCUT2D eigenvalue weighted by atomic mass is 10.1. The van der Waals surface area contributed by atoms with Crippen molar-refractivity contribution in [1.82, 2.24) is 4.57 Å². The molecule has 5 nitrogen and oxygen atoms in total. The summed E-state index contributed by atoms with van der Waals surface area (Å²) >= 11 is 0. The first-order valence-electron chi connectivity index (χ1n) is 9.44. The van der Waals surface area contributed by atoms with Gasteiger partial charge in [-0.3, -0.25) is 4.79 Å². The monoisotopic (exact) mass is 434 g/mol. The molecule has 0 saturated carbocycles. The van der Waals surface area contributed by atoms with Gasteiger partial charge < -0.3 is 9.88 Å². The first-order valence-corrected chi connectivity index (χ1v) is 9.44. The van der Waals surface area contributed by atoms with Crippen LogP contribution in [0.4, 0.5) is 18.9 Å². The van der Waals surface area contributed by atoms with E-state index in [-0.39, 0.29) is 11.3 Å². The summed E-state index contributed by atoms with van der Waals surface area (Å²) in [5.74, 6) is -0.810. The number of halogens is 3. The van der Waals surface area contributed by atoms with Crippen molar-refractivity contribution in [3.8, 4) is 17.8 Å². The fourth-order valence-corrected chi connectivity index (χ4v) is 3.29. The summed E-state index contributed by atoms with van der Waals surface area (Å²) in [7, 11) is 0. The minimum Gasteiger partial charge on any atom is -0.321 e. The van der Waals surface area contributed by atoms with Crippen molar-refractivity contribution in [3.05, 3.63) is 88.2 Å². The molecule has 1 N–H and O–H groups in total. The van der Waals surface area contributed by atoms with Gasteiger partial charge in [-0.1, -0.05) is 6.07 Å². The number of hydrogen-bond donors (Lipinski definition) is 1. The number of anilines is 1. The molecule has 32 heavy (non-hydrogen) atoms. The van der Waals surface area contributed by atoms with Crippen molar-refractivity contribution in [3.63, 3.8) is 0 Å². The highest BCUT2D eigenvalue weighted by Crippen LogP contribution is 2.31. The van der Waals surface area contributed by atoms with Crippen LogP contribution in [0.1, 0.15) is 28.1 Å². The number of nitriles is 2. The Labute approximate surface area is 182 Å². The van der Waals surface area contributed by atoms with E-state index in [0.29, 0.717) is 11.1 Å². The zero-order chi connectivity index (χ0) is 23.5. The first-order chi connectivity index (χ1) is 15.1. The topological polar surface area (TPSA) is 81.6 Å². The van der Waals surface area contributed by atoms with Gasteiger partial charge >= 0.3 is 6.18 Å². The quantitative estimate of drug-likeness (QED) is 0.433. The summed E-state index contributed by atoms with van der Waals surface area (Å²) in [5.41, 5.74) is 2.34. The molecule has 1 aromatic heterocycles. The number of benzene rings is 2. The van der Waals surface area contributed by atoms with Crippen molar-refractivity contribution in [2.45, 2.75) is 20.0 Å². The maximum atomic E-state index is 12.9. The highest BCUT2D eigenvalue weighted by atomic mass is 19.4. The van der Waals surface area contributed by atoms with Crippen LogP contribution in [0.5, 0.6) is 0 Å². The zero-order valence-electron chi connectivity index (χ0n) is 17.2. The van der Waals surface area contributed by atoms with E-state index in [4.69, 9.17) is 5.26 Å². The van der Waals surface area contributed by atoms with Gasteiger partial charge in [-0.15, -0.1) is 0 Å². The summed E-state index contributed by atoms with van der Waals surface area (Å²) in [6.07, 6.45) is -3.15. The van der Waals surface area contributed by atoms with Crippen molar-refractivity contribution in [2.75, 3.05) is 5.32 Å². The third-order valence-corrected chi connectivity index (χ3v) is 4.84. The molecule has 0 aliphatic rings. The van der Waals surface area contributed by atoms with E-state index in [1.807, 2.05) is 24.5 Å². The van der Waals surface area contributed by atoms with Crippen molar-refractivity contribution in [2.24, 2.45) is 0 Å². The minimum absolute atomic E-state index is 0.0611. The summed E-state index contributed by atoms with van der Waals surface area (Å²) in [6, 6.07) is 16.8. The van der Waals surface area contributed by atoms with Gasteiger partial charge in [-0.2, -0.15) is 23.7 Å². The standard InChI is InChI=1S/C24H17F3N4O/c1-15-10-18(16(2)31(15)22-8-6-17(13-28)7-9-22)11-19(14-29)23(32)30-21-5-3-4-20(12-21)24(25,26)27/h3-12H,1-2H3,(H,30,32)/b19-11-. The molecule has 3 aromatic rings. The second-order valence-corrected chi connectivity index (χ2v) is 7.02. The molecule has 0 saturated heterocycles. The van der Waals surface area contributed by atoms with E-state index < -0.39 is 17.6 Å². The molecule has 0 radical (unpaired) electrons. The number of aryl methyl sites for hydroxylation is 1. The first kappa shape index (κ1) is 22.4. The smallest absolute Gasteiger partial charge is 0.321 e. The third-order valence-electron chi connectivity index (χ3n) is 4.84. The van der Waals surface area contributed by atoms with E-state index in [1.54, 1.807) is 30.3 Å². The Morgan fingerprint density at radius 3 is 2.34 bits per heavy atom. The number of hydrogen-bond acceptors (Lipinski definition) is 3. The van der Waals surface area contributed by atoms with Gasteiger partial charge in [0, 0.05) is 22.8 Å². The molecule has 2 aromatic carbocycles. The number of amides is 1. The van der Waals surface area contributed by atoms with Crippen LogP contribution in [-0.4, -0.2) is 10.5 Å². The lowest BCUT2D eigenvalue weighted by molar-refractivity contribution is -0.137. The largest absolute Gasteiger partial charge is 0.416 e. The van der Waals surface area contributed by atoms with Crippen LogP contribution in [0.2, 0.25) is 0 Å². The summed E-state index contributed by atoms with van der Waals surface area (Å²) in [5, 5.41) is 20.8. The molecular weight excluding hydrogens is 417 g/mol. The number of carbonyl (C=O) groups is 1. The van der Waals surface area contributed by atoms with Crippen LogP contribution >= 0.6 is 0 Å². The van der Waals surface area contributed by atoms with Crippen molar-refractivity contribution in [1.29, 1.82) is 10.5 Å². The molecule has 0 aliphatic carbocycles. The molecule has 1 amide bonds. The Hall–Kier alpha value is -4.30. The minimum atomic E-state index is -4.54. The van der Waals surface area contributed by atoms with Crippen LogP contribution in [0.3, 0.4) is 0 Å². The van der Waals surface area contributed by atoms with Gasteiger partial charge in [0.25, 0.3) is 5.91 Å². The molecule has 8 heteroatoms. The maximum Gasteiger partial charge on any atom is 0.416 e. The van der Waals surface area contributed by atoms with Gasteiger partial charge in [0.1, 0.15) is 11.6 Å². The molecule has 1 heterocycles. The predicted octanol–water partition coefficient (Wildman–Crippen LogP) is 5.53. The van der Waals surface area contributed by atoms with E-state index in [1.165, 1.54) is 18.2 Å². The van der Waals surface area contributed by atoms with Crippen molar-refractivity contribution >= 4 is 17.7 Å². The lowest BCUT2D eigenvalue weighted by Crippen LogP contribution is -2.14. The molecule has 0 aliphatic heterocycles. The summed E-state index contributed by atoms with van der Waals surface area (Å²) in [6.45, 7) is 3.67. The van der Waals surface area contributed by atoms with Gasteiger partial charge in [-0.05, 0) is 74.0 Å². The number of carbonyl (C=O) groups excluding carboxylic acids is 1. The molecule has 0 fully saturated rings. The fourth-order valence-electron chi connectivity index (χ4n) is 3.29. The average Bonchev–Trinajstić information content (AvgIpc) is 3.04. The van der Waals surface area contributed by atoms with Crippen LogP contribution in [0.15, 0.2) is 60.2 Å². The zero-order valence-corrected chi connectivity index (χ0v) is 17.2. The van der Waals surface area contributed by atoms with Gasteiger partial charge in [0.05, 0.1) is 17.2 Å². The maximum absolute atomic E-state index is 12.9. The van der Waals surface area contributed by atoms with Crippen LogP contribution < -0.4 is 5.32 Å². The van der Waals surface area contributed by atoms with Crippen LogP contribution in [0.25, 0.3) is 11.8 Å². The molecule has 160 valence electrons. The molecular formula is C24H17F3N4O. The van der Waals surface area contributed by atoms with Crippen molar-refractivity contribution < 1.29 is 18.0 Å². The van der Waals surface area contributed by atoms with Gasteiger partial charge in [0.15, 0.2) is 0 Å². The highest BCUT2D eigenvalue weighted by molar-refractivity contribution is 6.09. The normalized spacial score (nSPS) is 11.5. The Balaban J connectivity index is 1.90. The fraction of sp³-hybridized carbons (Fsp3) is 0.125. The van der Waals surface area contributed by atoms with Gasteiger partial charge in [0.2, 0.25) is 0 Å². The van der Waals surface area contributed by atoms with E-state index >= 15 is 0 Å². The summed E-state index contributed by atoms with van der Waals surface area (Å²) in [4.78, 5) is 12.5. The van der Waals surface area contributed by atoms with Crippen LogP contribution in [0, 0.1) is 36.5 Å². The third kappa shape index (κ3) is 4.71. The second-order valence-electron chi connectivity index (χ2n) is 7.02. The van der Waals surface area contributed by atoms with E-state index in [0.717, 1.165) is 29.2 Å². The Morgan fingerprint density at radius 2 is 1.75 bits per heavy atom. The van der Waals surface area contributed by atoms with E-state index in [9.17, 15) is 23.2 Å². The molecule has 0 spiro atoms. The Morgan fingerprint density at radius 1 is 1.06 bits per heavy atom. The average molecular weight is 434 g/mol. The lowest BCUT2D eigenvalue weighted by Gasteiger charge is -2.10. The number of alkyl halides is 3. The van der Waals surface area contributed by atoms with Gasteiger partial charge in [-0.25, -0.2) is 0 Å². The molecule has 0 unspecified atom stereocenters. The number of nitrogens with zero attached hydrogens (tertiary/aromatic N) is 3. The van der Waals surface area contributed by atoms with Crippen LogP contribution in [-0.2, 0) is 11.0 Å². The highest BCUT2D eigenvalue weighted by Gasteiger charge is 2.30. The molecule has 0 atom stereocenters. The number of nitrogens with one attached hydrogen (secondary N) is 1. The molecule has 3 rings (SSSR count). The predicted molar refractivity (Wildman–Crippen MR) is 114 cm³/mol. The Kier molecular flexibility index (Phi) is 6.17.